The highest BCUT2D eigenvalue weighted by atomic mass is 32.2. The zero-order chi connectivity index (χ0) is 22.6. The van der Waals surface area contributed by atoms with Gasteiger partial charge in [0.05, 0.1) is 11.8 Å². The molecule has 1 N–H and O–H groups in total. The first kappa shape index (κ1) is 23.3. The Morgan fingerprint density at radius 1 is 1.10 bits per heavy atom. The van der Waals surface area contributed by atoms with Crippen LogP contribution < -0.4 is 4.72 Å². The molecule has 168 valence electrons. The van der Waals surface area contributed by atoms with Crippen molar-refractivity contribution in [1.29, 1.82) is 0 Å². The number of carbonyl (C=O) groups excluding carboxylic acids is 1. The van der Waals surface area contributed by atoms with Gasteiger partial charge < -0.3 is 9.64 Å². The number of hydrogen-bond donors (Lipinski definition) is 1. The van der Waals surface area contributed by atoms with Gasteiger partial charge in [-0.3, -0.25) is 0 Å². The van der Waals surface area contributed by atoms with Crippen LogP contribution in [0.2, 0.25) is 0 Å². The summed E-state index contributed by atoms with van der Waals surface area (Å²) in [5.41, 5.74) is 2.63. The third-order valence-corrected chi connectivity index (χ3v) is 6.79. The van der Waals surface area contributed by atoms with Gasteiger partial charge in [-0.2, -0.15) is 0 Å². The molecule has 0 saturated carbocycles. The number of carbonyl (C=O) groups is 1. The molecule has 2 aromatic rings. The molecule has 0 aliphatic carbocycles. The summed E-state index contributed by atoms with van der Waals surface area (Å²) in [7, 11) is -3.39. The molecule has 1 fully saturated rings. The number of rotatable bonds is 6. The molecule has 1 saturated heterocycles. The molecule has 1 aliphatic rings. The van der Waals surface area contributed by atoms with Crippen molar-refractivity contribution >= 4 is 16.1 Å². The molecule has 1 heterocycles. The number of nitrogens with zero attached hydrogens (tertiary/aromatic N) is 1. The first-order chi connectivity index (χ1) is 14.6. The van der Waals surface area contributed by atoms with Gasteiger partial charge in [0.2, 0.25) is 10.0 Å². The predicted octanol–water partition coefficient (Wildman–Crippen LogP) is 4.21. The number of hydrogen-bond acceptors (Lipinski definition) is 4. The first-order valence-electron chi connectivity index (χ1n) is 10.7. The summed E-state index contributed by atoms with van der Waals surface area (Å²) in [6.45, 7) is 7.56. The van der Waals surface area contributed by atoms with Crippen LogP contribution in [0, 0.1) is 0 Å². The van der Waals surface area contributed by atoms with E-state index in [1.54, 1.807) is 11.8 Å². The molecule has 2 atom stereocenters. The maximum absolute atomic E-state index is 12.9. The molecule has 3 rings (SSSR count). The standard InChI is InChI=1S/C24H32N2O4S/c1-5-31(28,29)25-21-14-15-26(23(27)30-24(2,3)4)22(21)17-18-10-9-13-20(16-18)19-11-7-6-8-12-19/h6-13,16,21-22,25H,5,14-15,17H2,1-4H3/t21-,22-/m0/s1. The highest BCUT2D eigenvalue weighted by molar-refractivity contribution is 7.89. The van der Waals surface area contributed by atoms with E-state index in [9.17, 15) is 13.2 Å². The van der Waals surface area contributed by atoms with E-state index in [-0.39, 0.29) is 17.8 Å². The number of ether oxygens (including phenoxy) is 1. The second-order valence-corrected chi connectivity index (χ2v) is 11.0. The van der Waals surface area contributed by atoms with Crippen LogP contribution in [0.3, 0.4) is 0 Å². The highest BCUT2D eigenvalue weighted by Gasteiger charge is 2.40. The van der Waals surface area contributed by atoms with E-state index >= 15 is 0 Å². The fourth-order valence-corrected chi connectivity index (χ4v) is 4.76. The molecule has 7 heteroatoms. The van der Waals surface area contributed by atoms with Crippen LogP contribution in [0.4, 0.5) is 4.79 Å². The molecular weight excluding hydrogens is 412 g/mol. The van der Waals surface area contributed by atoms with Crippen LogP contribution in [0.15, 0.2) is 54.6 Å². The second kappa shape index (κ2) is 9.40. The van der Waals surface area contributed by atoms with Crippen LogP contribution in [0.25, 0.3) is 11.1 Å². The Morgan fingerprint density at radius 2 is 1.77 bits per heavy atom. The average molecular weight is 445 g/mol. The lowest BCUT2D eigenvalue weighted by Crippen LogP contribution is -2.49. The van der Waals surface area contributed by atoms with E-state index in [4.69, 9.17) is 4.74 Å². The summed E-state index contributed by atoms with van der Waals surface area (Å²) in [6.07, 6.45) is 0.688. The average Bonchev–Trinajstić information content (AvgIpc) is 3.09. The zero-order valence-corrected chi connectivity index (χ0v) is 19.5. The maximum atomic E-state index is 12.9. The monoisotopic (exact) mass is 444 g/mol. The van der Waals surface area contributed by atoms with Gasteiger partial charge in [-0.15, -0.1) is 0 Å². The Labute approximate surface area is 185 Å². The number of likely N-dealkylation sites (tertiary alicyclic amines) is 1. The lowest BCUT2D eigenvalue weighted by molar-refractivity contribution is 0.0218. The minimum Gasteiger partial charge on any atom is -0.444 e. The van der Waals surface area contributed by atoms with E-state index in [2.05, 4.69) is 29.0 Å². The summed E-state index contributed by atoms with van der Waals surface area (Å²) < 4.78 is 32.9. The quantitative estimate of drug-likeness (QED) is 0.724. The fraction of sp³-hybridized carbons (Fsp3) is 0.458. The Balaban J connectivity index is 1.87. The number of benzene rings is 2. The van der Waals surface area contributed by atoms with Gasteiger partial charge in [-0.05, 0) is 57.2 Å². The molecule has 0 unspecified atom stereocenters. The number of sulfonamides is 1. The van der Waals surface area contributed by atoms with E-state index in [0.29, 0.717) is 19.4 Å². The third-order valence-electron chi connectivity index (χ3n) is 5.36. The second-order valence-electron chi connectivity index (χ2n) is 8.93. The molecule has 0 radical (unpaired) electrons. The summed E-state index contributed by atoms with van der Waals surface area (Å²) in [6, 6.07) is 17.6. The minimum atomic E-state index is -3.39. The molecule has 6 nitrogen and oxygen atoms in total. The lowest BCUT2D eigenvalue weighted by atomic mass is 9.97. The summed E-state index contributed by atoms with van der Waals surface area (Å²) in [5.74, 6) is 0.00610. The van der Waals surface area contributed by atoms with Gasteiger partial charge in [-0.1, -0.05) is 54.6 Å². The topological polar surface area (TPSA) is 75.7 Å². The van der Waals surface area contributed by atoms with Gasteiger partial charge in [0.15, 0.2) is 0 Å². The molecule has 1 amide bonds. The van der Waals surface area contributed by atoms with Gasteiger partial charge in [0.1, 0.15) is 5.60 Å². The van der Waals surface area contributed by atoms with Crippen molar-refractivity contribution in [2.24, 2.45) is 0 Å². The fourth-order valence-electron chi connectivity index (χ4n) is 3.85. The van der Waals surface area contributed by atoms with Crippen molar-refractivity contribution in [1.82, 2.24) is 9.62 Å². The number of nitrogens with one attached hydrogen (secondary N) is 1. The van der Waals surface area contributed by atoms with Gasteiger partial charge in [0.25, 0.3) is 0 Å². The summed E-state index contributed by atoms with van der Waals surface area (Å²) in [4.78, 5) is 14.5. The Hall–Kier alpha value is -2.38. The molecule has 0 aromatic heterocycles. The maximum Gasteiger partial charge on any atom is 0.410 e. The SMILES string of the molecule is CCS(=O)(=O)N[C@H]1CCN(C(=O)OC(C)(C)C)[C@H]1Cc1cccc(-c2ccccc2)c1. The van der Waals surface area contributed by atoms with Gasteiger partial charge >= 0.3 is 6.09 Å². The van der Waals surface area contributed by atoms with Gasteiger partial charge in [0, 0.05) is 12.6 Å². The molecular formula is C24H32N2O4S. The normalized spacial score (nSPS) is 19.4. The zero-order valence-electron chi connectivity index (χ0n) is 18.7. The molecule has 0 bridgehead atoms. The molecule has 31 heavy (non-hydrogen) atoms. The van der Waals surface area contributed by atoms with Crippen molar-refractivity contribution in [3.05, 3.63) is 60.2 Å². The van der Waals surface area contributed by atoms with Crippen LogP contribution in [0.1, 0.15) is 39.7 Å². The predicted molar refractivity (Wildman–Crippen MR) is 123 cm³/mol. The third kappa shape index (κ3) is 6.31. The molecule has 1 aliphatic heterocycles. The van der Waals surface area contributed by atoms with Crippen LogP contribution >= 0.6 is 0 Å². The molecule has 0 spiro atoms. The highest BCUT2D eigenvalue weighted by Crippen LogP contribution is 2.27. The van der Waals surface area contributed by atoms with Crippen molar-refractivity contribution in [3.8, 4) is 11.1 Å². The van der Waals surface area contributed by atoms with Crippen molar-refractivity contribution in [2.75, 3.05) is 12.3 Å². The van der Waals surface area contributed by atoms with Crippen molar-refractivity contribution < 1.29 is 17.9 Å². The first-order valence-corrected chi connectivity index (χ1v) is 12.4. The summed E-state index contributed by atoms with van der Waals surface area (Å²) in [5, 5.41) is 0. The van der Waals surface area contributed by atoms with Crippen LogP contribution in [0.5, 0.6) is 0 Å². The van der Waals surface area contributed by atoms with Crippen LogP contribution in [-0.4, -0.2) is 49.4 Å². The lowest BCUT2D eigenvalue weighted by Gasteiger charge is -2.31. The van der Waals surface area contributed by atoms with E-state index in [0.717, 1.165) is 16.7 Å². The summed E-state index contributed by atoms with van der Waals surface area (Å²) >= 11 is 0. The van der Waals surface area contributed by atoms with E-state index < -0.39 is 21.7 Å². The van der Waals surface area contributed by atoms with Crippen molar-refractivity contribution in [3.63, 3.8) is 0 Å². The minimum absolute atomic E-state index is 0.00610. The Morgan fingerprint density at radius 3 is 2.42 bits per heavy atom. The van der Waals surface area contributed by atoms with E-state index in [1.165, 1.54) is 0 Å². The van der Waals surface area contributed by atoms with E-state index in [1.807, 2.05) is 51.1 Å². The largest absolute Gasteiger partial charge is 0.444 e. The van der Waals surface area contributed by atoms with Crippen molar-refractivity contribution in [2.45, 2.75) is 58.2 Å². The smallest absolute Gasteiger partial charge is 0.410 e. The van der Waals surface area contributed by atoms with Crippen LogP contribution in [-0.2, 0) is 21.2 Å². The Bertz CT molecular complexity index is 1000. The molecule has 2 aromatic carbocycles. The Kier molecular flexibility index (Phi) is 7.06. The number of amides is 1. The van der Waals surface area contributed by atoms with Gasteiger partial charge in [-0.25, -0.2) is 17.9 Å².